The molecule has 20 heavy (non-hydrogen) atoms. The Bertz CT molecular complexity index is 545. The molecule has 0 heterocycles. The van der Waals surface area contributed by atoms with Crippen molar-refractivity contribution in [2.45, 2.75) is 19.3 Å². The predicted molar refractivity (Wildman–Crippen MR) is 67.7 cm³/mol. The molecule has 1 aromatic carbocycles. The lowest BCUT2D eigenvalue weighted by Crippen LogP contribution is -2.30. The van der Waals surface area contributed by atoms with Crippen LogP contribution in [-0.4, -0.2) is 23.7 Å². The van der Waals surface area contributed by atoms with Gasteiger partial charge in [0, 0.05) is 12.6 Å². The van der Waals surface area contributed by atoms with Crippen LogP contribution < -0.4 is 10.6 Å². The van der Waals surface area contributed by atoms with E-state index < -0.39 is 29.2 Å². The summed E-state index contributed by atoms with van der Waals surface area (Å²) in [6.45, 7) is 0.461. The molecule has 1 fully saturated rings. The van der Waals surface area contributed by atoms with E-state index >= 15 is 0 Å². The van der Waals surface area contributed by atoms with E-state index in [1.54, 1.807) is 0 Å². The largest absolute Gasteiger partial charge is 0.478 e. The molecular formula is C13H14F2N2O3. The molecule has 3 N–H and O–H groups in total. The molecule has 0 atom stereocenters. The average Bonchev–Trinajstić information content (AvgIpc) is 3.17. The van der Waals surface area contributed by atoms with Gasteiger partial charge >= 0.3 is 12.0 Å². The Morgan fingerprint density at radius 1 is 1.25 bits per heavy atom. The average molecular weight is 284 g/mol. The molecule has 2 rings (SSSR count). The summed E-state index contributed by atoms with van der Waals surface area (Å²) in [7, 11) is 0. The van der Waals surface area contributed by atoms with Crippen molar-refractivity contribution in [2.24, 2.45) is 5.92 Å². The molecule has 1 aliphatic rings. The number of hydrogen-bond donors (Lipinski definition) is 3. The van der Waals surface area contributed by atoms with Crippen molar-refractivity contribution in [3.63, 3.8) is 0 Å². The van der Waals surface area contributed by atoms with Crippen LogP contribution in [0.5, 0.6) is 0 Å². The fraction of sp³-hybridized carbons (Fsp3) is 0.385. The Labute approximate surface area is 114 Å². The minimum Gasteiger partial charge on any atom is -0.478 e. The molecule has 0 radical (unpaired) electrons. The van der Waals surface area contributed by atoms with Gasteiger partial charge in [0.05, 0.1) is 11.3 Å². The molecule has 7 heteroatoms. The fourth-order valence-electron chi connectivity index (χ4n) is 1.79. The zero-order valence-corrected chi connectivity index (χ0v) is 10.6. The highest BCUT2D eigenvalue weighted by Gasteiger charge is 2.21. The lowest BCUT2D eigenvalue weighted by Gasteiger charge is -2.10. The normalized spacial score (nSPS) is 13.9. The first-order valence-electron chi connectivity index (χ1n) is 6.24. The SMILES string of the molecule is O=C(NCCC1CC1)Nc1cc(F)c(F)cc1C(=O)O. The molecule has 1 saturated carbocycles. The van der Waals surface area contributed by atoms with E-state index in [1.807, 2.05) is 0 Å². The van der Waals surface area contributed by atoms with Gasteiger partial charge in [0.2, 0.25) is 0 Å². The van der Waals surface area contributed by atoms with Crippen molar-refractivity contribution in [3.05, 3.63) is 29.3 Å². The second-order valence-electron chi connectivity index (χ2n) is 4.73. The lowest BCUT2D eigenvalue weighted by atomic mass is 10.1. The van der Waals surface area contributed by atoms with Crippen LogP contribution in [0.25, 0.3) is 0 Å². The number of carboxylic acids is 1. The second kappa shape index (κ2) is 5.85. The predicted octanol–water partition coefficient (Wildman–Crippen LogP) is 2.58. The number of carboxylic acid groups (broad SMARTS) is 1. The minimum atomic E-state index is -1.45. The van der Waals surface area contributed by atoms with Gasteiger partial charge in [-0.2, -0.15) is 0 Å². The minimum absolute atomic E-state index is 0.277. The van der Waals surface area contributed by atoms with Crippen molar-refractivity contribution in [1.82, 2.24) is 5.32 Å². The van der Waals surface area contributed by atoms with Gasteiger partial charge in [-0.05, 0) is 18.4 Å². The van der Waals surface area contributed by atoms with Crippen LogP contribution in [0, 0.1) is 17.6 Å². The number of carbonyl (C=O) groups is 2. The Morgan fingerprint density at radius 2 is 1.90 bits per heavy atom. The Hall–Kier alpha value is -2.18. The lowest BCUT2D eigenvalue weighted by molar-refractivity contribution is 0.0697. The van der Waals surface area contributed by atoms with Gasteiger partial charge in [0.25, 0.3) is 0 Å². The number of urea groups is 1. The number of nitrogens with one attached hydrogen (secondary N) is 2. The van der Waals surface area contributed by atoms with Crippen LogP contribution in [0.4, 0.5) is 19.3 Å². The summed E-state index contributed by atoms with van der Waals surface area (Å²) >= 11 is 0. The van der Waals surface area contributed by atoms with E-state index in [1.165, 1.54) is 0 Å². The van der Waals surface area contributed by atoms with Crippen molar-refractivity contribution in [3.8, 4) is 0 Å². The maximum atomic E-state index is 13.1. The van der Waals surface area contributed by atoms with Crippen molar-refractivity contribution < 1.29 is 23.5 Å². The third kappa shape index (κ3) is 3.66. The first-order chi connectivity index (χ1) is 9.47. The van der Waals surface area contributed by atoms with E-state index in [4.69, 9.17) is 5.11 Å². The number of aromatic carboxylic acids is 1. The van der Waals surface area contributed by atoms with Gasteiger partial charge in [-0.3, -0.25) is 0 Å². The molecular weight excluding hydrogens is 270 g/mol. The summed E-state index contributed by atoms with van der Waals surface area (Å²) < 4.78 is 26.1. The van der Waals surface area contributed by atoms with E-state index in [-0.39, 0.29) is 5.69 Å². The molecule has 0 unspecified atom stereocenters. The maximum absolute atomic E-state index is 13.1. The van der Waals surface area contributed by atoms with Crippen LogP contribution >= 0.6 is 0 Å². The summed E-state index contributed by atoms with van der Waals surface area (Å²) in [6.07, 6.45) is 3.18. The quantitative estimate of drug-likeness (QED) is 0.777. The van der Waals surface area contributed by atoms with Crippen LogP contribution in [0.15, 0.2) is 12.1 Å². The van der Waals surface area contributed by atoms with E-state index in [0.717, 1.165) is 19.3 Å². The van der Waals surface area contributed by atoms with Crippen LogP contribution in [0.3, 0.4) is 0 Å². The number of benzene rings is 1. The summed E-state index contributed by atoms with van der Waals surface area (Å²) in [5.74, 6) is -3.30. The molecule has 2 amide bonds. The number of amides is 2. The number of anilines is 1. The second-order valence-corrected chi connectivity index (χ2v) is 4.73. The van der Waals surface area contributed by atoms with Gasteiger partial charge in [0.15, 0.2) is 11.6 Å². The van der Waals surface area contributed by atoms with Crippen molar-refractivity contribution >= 4 is 17.7 Å². The first-order valence-corrected chi connectivity index (χ1v) is 6.24. The Kier molecular flexibility index (Phi) is 4.16. The third-order valence-corrected chi connectivity index (χ3v) is 3.07. The molecule has 5 nitrogen and oxygen atoms in total. The van der Waals surface area contributed by atoms with Gasteiger partial charge in [-0.1, -0.05) is 12.8 Å². The highest BCUT2D eigenvalue weighted by molar-refractivity contribution is 6.00. The smallest absolute Gasteiger partial charge is 0.337 e. The van der Waals surface area contributed by atoms with Crippen LogP contribution in [0.1, 0.15) is 29.6 Å². The Balaban J connectivity index is 2.00. The molecule has 0 spiro atoms. The number of halogens is 2. The van der Waals surface area contributed by atoms with E-state index in [0.29, 0.717) is 24.6 Å². The molecule has 0 bridgehead atoms. The number of rotatable bonds is 5. The molecule has 0 saturated heterocycles. The third-order valence-electron chi connectivity index (χ3n) is 3.07. The van der Waals surface area contributed by atoms with Gasteiger partial charge in [-0.25, -0.2) is 18.4 Å². The molecule has 1 aliphatic carbocycles. The highest BCUT2D eigenvalue weighted by atomic mass is 19.2. The van der Waals surface area contributed by atoms with E-state index in [9.17, 15) is 18.4 Å². The Morgan fingerprint density at radius 3 is 2.50 bits per heavy atom. The number of hydrogen-bond acceptors (Lipinski definition) is 2. The molecule has 108 valence electrons. The highest BCUT2D eigenvalue weighted by Crippen LogP contribution is 2.31. The monoisotopic (exact) mass is 284 g/mol. The standard InChI is InChI=1S/C13H14F2N2O3/c14-9-5-8(12(18)19)11(6-10(9)15)17-13(20)16-4-3-7-1-2-7/h5-7H,1-4H2,(H,18,19)(H2,16,17,20). The van der Waals surface area contributed by atoms with Gasteiger partial charge in [-0.15, -0.1) is 0 Å². The summed E-state index contributed by atoms with van der Waals surface area (Å²) in [5, 5.41) is 13.7. The fourth-order valence-corrected chi connectivity index (χ4v) is 1.79. The summed E-state index contributed by atoms with van der Waals surface area (Å²) in [5.41, 5.74) is -0.776. The van der Waals surface area contributed by atoms with Crippen LogP contribution in [-0.2, 0) is 0 Å². The van der Waals surface area contributed by atoms with Crippen LogP contribution in [0.2, 0.25) is 0 Å². The summed E-state index contributed by atoms with van der Waals surface area (Å²) in [6, 6.07) is 0.552. The van der Waals surface area contributed by atoms with E-state index in [2.05, 4.69) is 10.6 Å². The van der Waals surface area contributed by atoms with Gasteiger partial charge in [0.1, 0.15) is 0 Å². The number of carbonyl (C=O) groups excluding carboxylic acids is 1. The zero-order valence-electron chi connectivity index (χ0n) is 10.6. The topological polar surface area (TPSA) is 78.4 Å². The van der Waals surface area contributed by atoms with Crippen molar-refractivity contribution in [2.75, 3.05) is 11.9 Å². The maximum Gasteiger partial charge on any atom is 0.337 e. The molecule has 0 aromatic heterocycles. The summed E-state index contributed by atoms with van der Waals surface area (Å²) in [4.78, 5) is 22.5. The molecule has 1 aromatic rings. The van der Waals surface area contributed by atoms with Crippen molar-refractivity contribution in [1.29, 1.82) is 0 Å². The zero-order chi connectivity index (χ0) is 14.7. The first kappa shape index (κ1) is 14.2. The van der Waals surface area contributed by atoms with Gasteiger partial charge < -0.3 is 15.7 Å². The molecule has 0 aliphatic heterocycles.